The molecule has 102 valence electrons. The third-order valence-corrected chi connectivity index (χ3v) is 3.13. The van der Waals surface area contributed by atoms with Gasteiger partial charge in [0.2, 0.25) is 11.8 Å². The van der Waals surface area contributed by atoms with Crippen molar-refractivity contribution in [3.63, 3.8) is 0 Å². The van der Waals surface area contributed by atoms with E-state index in [2.05, 4.69) is 15.5 Å². The van der Waals surface area contributed by atoms with Crippen LogP contribution in [0.1, 0.15) is 37.2 Å². The first-order chi connectivity index (χ1) is 9.08. The molecule has 0 saturated carbocycles. The van der Waals surface area contributed by atoms with Gasteiger partial charge in [0.1, 0.15) is 11.6 Å². The molecule has 2 rings (SSSR count). The second kappa shape index (κ2) is 5.50. The summed E-state index contributed by atoms with van der Waals surface area (Å²) < 4.78 is 11.1. The van der Waals surface area contributed by atoms with Crippen molar-refractivity contribution in [2.45, 2.75) is 25.5 Å². The Kier molecular flexibility index (Phi) is 3.97. The predicted octanol–water partition coefficient (Wildman–Crippen LogP) is 2.26. The maximum atomic E-state index is 5.74. The van der Waals surface area contributed by atoms with E-state index < -0.39 is 5.60 Å². The smallest absolute Gasteiger partial charge is 0.247 e. The van der Waals surface area contributed by atoms with Crippen molar-refractivity contribution >= 4 is 0 Å². The van der Waals surface area contributed by atoms with Crippen LogP contribution in [0.2, 0.25) is 0 Å². The Morgan fingerprint density at radius 3 is 2.47 bits per heavy atom. The van der Waals surface area contributed by atoms with Gasteiger partial charge >= 0.3 is 0 Å². The molecule has 0 bridgehead atoms. The average Bonchev–Trinajstić information content (AvgIpc) is 2.91. The van der Waals surface area contributed by atoms with Gasteiger partial charge in [0, 0.05) is 7.11 Å². The molecule has 0 aliphatic heterocycles. The van der Waals surface area contributed by atoms with Gasteiger partial charge in [-0.1, -0.05) is 30.3 Å². The minimum Gasteiger partial charge on any atom is -0.420 e. The van der Waals surface area contributed by atoms with E-state index in [1.165, 1.54) is 0 Å². The van der Waals surface area contributed by atoms with Crippen LogP contribution in [-0.2, 0) is 10.3 Å². The number of nitrogens with one attached hydrogen (secondary N) is 1. The number of nitrogens with zero attached hydrogens (tertiary/aromatic N) is 2. The van der Waals surface area contributed by atoms with Gasteiger partial charge in [-0.2, -0.15) is 0 Å². The Hall–Kier alpha value is -1.72. The Morgan fingerprint density at radius 1 is 1.21 bits per heavy atom. The molecule has 0 aliphatic rings. The van der Waals surface area contributed by atoms with E-state index in [4.69, 9.17) is 9.15 Å². The van der Waals surface area contributed by atoms with E-state index in [1.54, 1.807) is 7.11 Å². The summed E-state index contributed by atoms with van der Waals surface area (Å²) in [4.78, 5) is 0. The van der Waals surface area contributed by atoms with E-state index in [1.807, 2.05) is 51.2 Å². The topological polar surface area (TPSA) is 60.2 Å². The summed E-state index contributed by atoms with van der Waals surface area (Å²) >= 11 is 0. The van der Waals surface area contributed by atoms with Crippen LogP contribution in [0, 0.1) is 0 Å². The largest absolute Gasteiger partial charge is 0.420 e. The summed E-state index contributed by atoms with van der Waals surface area (Å²) in [6.45, 7) is 3.78. The molecule has 1 aromatic heterocycles. The molecule has 0 amide bonds. The van der Waals surface area contributed by atoms with E-state index in [-0.39, 0.29) is 6.04 Å². The first-order valence-electron chi connectivity index (χ1n) is 6.19. The zero-order valence-electron chi connectivity index (χ0n) is 11.7. The fraction of sp³-hybridized carbons (Fsp3) is 0.429. The molecule has 1 heterocycles. The summed E-state index contributed by atoms with van der Waals surface area (Å²) in [6.07, 6.45) is 0. The van der Waals surface area contributed by atoms with Gasteiger partial charge in [0.25, 0.3) is 0 Å². The summed E-state index contributed by atoms with van der Waals surface area (Å²) in [6, 6.07) is 9.87. The zero-order valence-corrected chi connectivity index (χ0v) is 11.7. The number of hydrogen-bond donors (Lipinski definition) is 1. The van der Waals surface area contributed by atoms with Crippen LogP contribution in [0.5, 0.6) is 0 Å². The van der Waals surface area contributed by atoms with Crippen molar-refractivity contribution in [1.29, 1.82) is 0 Å². The molecule has 0 radical (unpaired) electrons. The predicted molar refractivity (Wildman–Crippen MR) is 71.7 cm³/mol. The summed E-state index contributed by atoms with van der Waals surface area (Å²) in [7, 11) is 3.49. The fourth-order valence-electron chi connectivity index (χ4n) is 1.76. The SMILES string of the molecule is CNC(c1ccccc1)c1nnc(C(C)(C)OC)o1. The second-order valence-electron chi connectivity index (χ2n) is 4.79. The molecule has 1 unspecified atom stereocenters. The number of benzene rings is 1. The molecule has 5 heteroatoms. The summed E-state index contributed by atoms with van der Waals surface area (Å²) in [5.41, 5.74) is 0.496. The molecule has 0 spiro atoms. The van der Waals surface area contributed by atoms with Crippen LogP contribution in [0.4, 0.5) is 0 Å². The maximum Gasteiger partial charge on any atom is 0.247 e. The minimum absolute atomic E-state index is 0.116. The van der Waals surface area contributed by atoms with E-state index in [9.17, 15) is 0 Å². The monoisotopic (exact) mass is 261 g/mol. The van der Waals surface area contributed by atoms with Gasteiger partial charge in [0.05, 0.1) is 0 Å². The van der Waals surface area contributed by atoms with Gasteiger partial charge in [-0.3, -0.25) is 0 Å². The highest BCUT2D eigenvalue weighted by molar-refractivity contribution is 5.23. The van der Waals surface area contributed by atoms with Crippen LogP contribution in [-0.4, -0.2) is 24.4 Å². The van der Waals surface area contributed by atoms with E-state index in [0.717, 1.165) is 5.56 Å². The van der Waals surface area contributed by atoms with E-state index >= 15 is 0 Å². The molecule has 0 saturated heterocycles. The first kappa shape index (κ1) is 13.7. The van der Waals surface area contributed by atoms with Gasteiger partial charge in [0.15, 0.2) is 0 Å². The molecule has 1 atom stereocenters. The van der Waals surface area contributed by atoms with Crippen LogP contribution in [0.25, 0.3) is 0 Å². The Balaban J connectivity index is 2.31. The van der Waals surface area contributed by atoms with Crippen LogP contribution >= 0.6 is 0 Å². The van der Waals surface area contributed by atoms with Crippen molar-refractivity contribution in [3.05, 3.63) is 47.7 Å². The lowest BCUT2D eigenvalue weighted by molar-refractivity contribution is -0.00475. The van der Waals surface area contributed by atoms with Crippen molar-refractivity contribution in [3.8, 4) is 0 Å². The van der Waals surface area contributed by atoms with Crippen molar-refractivity contribution in [2.75, 3.05) is 14.2 Å². The molecule has 19 heavy (non-hydrogen) atoms. The number of rotatable bonds is 5. The molecule has 2 aromatic rings. The third-order valence-electron chi connectivity index (χ3n) is 3.13. The number of aromatic nitrogens is 2. The molecule has 0 aliphatic carbocycles. The third kappa shape index (κ3) is 2.83. The highest BCUT2D eigenvalue weighted by Gasteiger charge is 2.28. The average molecular weight is 261 g/mol. The lowest BCUT2D eigenvalue weighted by Gasteiger charge is -2.17. The highest BCUT2D eigenvalue weighted by atomic mass is 16.5. The molecular formula is C14H19N3O2. The molecule has 1 N–H and O–H groups in total. The normalized spacial score (nSPS) is 13.5. The Bertz CT molecular complexity index is 522. The van der Waals surface area contributed by atoms with Gasteiger partial charge in [-0.25, -0.2) is 0 Å². The molecule has 0 fully saturated rings. The zero-order chi connectivity index (χ0) is 13.9. The summed E-state index contributed by atoms with van der Waals surface area (Å²) in [5, 5.41) is 11.4. The van der Waals surface area contributed by atoms with Gasteiger partial charge < -0.3 is 14.5 Å². The second-order valence-corrected chi connectivity index (χ2v) is 4.79. The van der Waals surface area contributed by atoms with Crippen molar-refractivity contribution in [1.82, 2.24) is 15.5 Å². The fourth-order valence-corrected chi connectivity index (χ4v) is 1.76. The van der Waals surface area contributed by atoms with Crippen LogP contribution < -0.4 is 5.32 Å². The number of methoxy groups -OCH3 is 1. The Morgan fingerprint density at radius 2 is 1.89 bits per heavy atom. The van der Waals surface area contributed by atoms with Crippen molar-refractivity contribution < 1.29 is 9.15 Å². The van der Waals surface area contributed by atoms with Crippen LogP contribution in [0.15, 0.2) is 34.7 Å². The lowest BCUT2D eigenvalue weighted by Crippen LogP contribution is -2.20. The summed E-state index contributed by atoms with van der Waals surface area (Å²) in [5.74, 6) is 1.01. The minimum atomic E-state index is -0.583. The molecule has 5 nitrogen and oxygen atoms in total. The highest BCUT2D eigenvalue weighted by Crippen LogP contribution is 2.26. The molecular weight excluding hydrogens is 242 g/mol. The number of ether oxygens (including phenoxy) is 1. The number of hydrogen-bond acceptors (Lipinski definition) is 5. The standard InChI is InChI=1S/C14H19N3O2/c1-14(2,18-4)13-17-16-12(19-13)11(15-3)10-8-6-5-7-9-10/h5-9,11,15H,1-4H3. The van der Waals surface area contributed by atoms with Crippen molar-refractivity contribution in [2.24, 2.45) is 0 Å². The molecule has 1 aromatic carbocycles. The Labute approximate surface area is 113 Å². The maximum absolute atomic E-state index is 5.74. The van der Waals surface area contributed by atoms with Gasteiger partial charge in [-0.15, -0.1) is 10.2 Å². The van der Waals surface area contributed by atoms with Crippen LogP contribution in [0.3, 0.4) is 0 Å². The van der Waals surface area contributed by atoms with Gasteiger partial charge in [-0.05, 0) is 26.5 Å². The lowest BCUT2D eigenvalue weighted by atomic mass is 10.1. The first-order valence-corrected chi connectivity index (χ1v) is 6.19. The quantitative estimate of drug-likeness (QED) is 0.894. The van der Waals surface area contributed by atoms with E-state index in [0.29, 0.717) is 11.8 Å².